The third kappa shape index (κ3) is 2.27. The lowest BCUT2D eigenvalue weighted by molar-refractivity contribution is 0.239. The van der Waals surface area contributed by atoms with Crippen LogP contribution in [0.4, 0.5) is 0 Å². The quantitative estimate of drug-likeness (QED) is 0.440. The second kappa shape index (κ2) is 3.22. The lowest BCUT2D eigenvalue weighted by Gasteiger charge is -2.02. The van der Waals surface area contributed by atoms with Crippen LogP contribution in [0.3, 0.4) is 0 Å². The van der Waals surface area contributed by atoms with Gasteiger partial charge in [-0.3, -0.25) is 0 Å². The first kappa shape index (κ1) is 6.02. The highest BCUT2D eigenvalue weighted by Gasteiger charge is 1.87. The topological polar surface area (TPSA) is 9.23 Å². The fraction of sp³-hybridized carbons (Fsp3) is 1.00. The van der Waals surface area contributed by atoms with Gasteiger partial charge in [0.1, 0.15) is 0 Å². The van der Waals surface area contributed by atoms with Gasteiger partial charge in [0.15, 0.2) is 0 Å². The molecule has 1 unspecified atom stereocenters. The van der Waals surface area contributed by atoms with E-state index >= 15 is 0 Å². The van der Waals surface area contributed by atoms with Crippen molar-refractivity contribution in [3.8, 4) is 0 Å². The average molecular weight is 85.9 g/mol. The van der Waals surface area contributed by atoms with Gasteiger partial charge in [-0.1, -0.05) is 6.92 Å². The smallest absolute Gasteiger partial charge is 0.257 e. The van der Waals surface area contributed by atoms with Crippen molar-refractivity contribution in [2.75, 3.05) is 0 Å². The van der Waals surface area contributed by atoms with Crippen LogP contribution in [0.2, 0.25) is 0 Å². The van der Waals surface area contributed by atoms with Crippen LogP contribution in [0.1, 0.15) is 20.3 Å². The molecular formula is C4H11BO. The highest BCUT2D eigenvalue weighted by atomic mass is 16.4. The Labute approximate surface area is 40.1 Å². The molecular weight excluding hydrogens is 74.9 g/mol. The van der Waals surface area contributed by atoms with Gasteiger partial charge in [-0.2, -0.15) is 0 Å². The summed E-state index contributed by atoms with van der Waals surface area (Å²) < 4.78 is 4.90. The molecule has 0 aromatic heterocycles. The maximum atomic E-state index is 4.90. The Kier molecular flexibility index (Phi) is 3.24. The zero-order valence-electron chi connectivity index (χ0n) is 4.69. The van der Waals surface area contributed by atoms with Gasteiger partial charge in [-0.05, 0) is 13.3 Å². The Hall–Kier alpha value is 0.0249. The molecule has 0 amide bonds. The molecule has 36 valence electrons. The highest BCUT2D eigenvalue weighted by Crippen LogP contribution is 1.89. The largest absolute Gasteiger partial charge is 0.442 e. The van der Waals surface area contributed by atoms with E-state index in [1.54, 1.807) is 8.05 Å². The van der Waals surface area contributed by atoms with E-state index in [1.807, 2.05) is 0 Å². The molecule has 0 spiro atoms. The highest BCUT2D eigenvalue weighted by molar-refractivity contribution is 5.98. The van der Waals surface area contributed by atoms with Crippen molar-refractivity contribution in [1.82, 2.24) is 0 Å². The van der Waals surface area contributed by atoms with Crippen LogP contribution in [-0.4, -0.2) is 14.2 Å². The van der Waals surface area contributed by atoms with Crippen LogP contribution in [0.15, 0.2) is 0 Å². The molecule has 0 saturated heterocycles. The van der Waals surface area contributed by atoms with Gasteiger partial charge in [0.25, 0.3) is 8.05 Å². The van der Waals surface area contributed by atoms with Crippen molar-refractivity contribution in [2.24, 2.45) is 0 Å². The summed E-state index contributed by atoms with van der Waals surface area (Å²) in [5.41, 5.74) is 0. The standard InChI is InChI=1S/C4H11BO/c1-3-4(2)6-5/h4H,3,5H2,1-2H3. The van der Waals surface area contributed by atoms with Gasteiger partial charge in [-0.15, -0.1) is 0 Å². The molecule has 0 rings (SSSR count). The minimum Gasteiger partial charge on any atom is -0.442 e. The SMILES string of the molecule is BOC(C)CC. The van der Waals surface area contributed by atoms with E-state index < -0.39 is 0 Å². The van der Waals surface area contributed by atoms with E-state index in [4.69, 9.17) is 4.65 Å². The molecule has 0 aliphatic rings. The van der Waals surface area contributed by atoms with Crippen LogP contribution in [0.25, 0.3) is 0 Å². The van der Waals surface area contributed by atoms with E-state index in [9.17, 15) is 0 Å². The Morgan fingerprint density at radius 2 is 2.33 bits per heavy atom. The number of hydrogen-bond donors (Lipinski definition) is 0. The second-order valence-corrected chi connectivity index (χ2v) is 1.45. The molecule has 6 heavy (non-hydrogen) atoms. The van der Waals surface area contributed by atoms with Gasteiger partial charge in [0, 0.05) is 6.10 Å². The molecule has 0 saturated carbocycles. The zero-order chi connectivity index (χ0) is 4.99. The van der Waals surface area contributed by atoms with Crippen molar-refractivity contribution >= 4 is 8.05 Å². The third-order valence-corrected chi connectivity index (χ3v) is 0.977. The van der Waals surface area contributed by atoms with Crippen LogP contribution in [0, 0.1) is 0 Å². The predicted octanol–water partition coefficient (Wildman–Crippen LogP) is 0.350. The van der Waals surface area contributed by atoms with Gasteiger partial charge < -0.3 is 4.65 Å². The fourth-order valence-electron chi connectivity index (χ4n) is 0.167. The predicted molar refractivity (Wildman–Crippen MR) is 29.4 cm³/mol. The molecule has 0 aliphatic heterocycles. The summed E-state index contributed by atoms with van der Waals surface area (Å²) in [6, 6.07) is 0. The first-order valence-corrected chi connectivity index (χ1v) is 2.34. The van der Waals surface area contributed by atoms with E-state index in [-0.39, 0.29) is 0 Å². The molecule has 0 aromatic carbocycles. The van der Waals surface area contributed by atoms with Crippen molar-refractivity contribution in [1.29, 1.82) is 0 Å². The zero-order valence-corrected chi connectivity index (χ0v) is 4.69. The number of hydrogen-bond acceptors (Lipinski definition) is 1. The molecule has 0 aliphatic carbocycles. The average Bonchev–Trinajstić information content (AvgIpc) is 1.65. The monoisotopic (exact) mass is 86.1 g/mol. The summed E-state index contributed by atoms with van der Waals surface area (Å²) in [6.45, 7) is 4.16. The molecule has 0 bridgehead atoms. The maximum Gasteiger partial charge on any atom is 0.257 e. The first-order chi connectivity index (χ1) is 2.81. The lowest BCUT2D eigenvalue weighted by Crippen LogP contribution is -2.01. The van der Waals surface area contributed by atoms with E-state index in [2.05, 4.69) is 13.8 Å². The first-order valence-electron chi connectivity index (χ1n) is 2.34. The number of rotatable bonds is 2. The lowest BCUT2D eigenvalue weighted by atomic mass is 10.3. The summed E-state index contributed by atoms with van der Waals surface area (Å²) in [5, 5.41) is 0. The fourth-order valence-corrected chi connectivity index (χ4v) is 0.167. The minimum atomic E-state index is 0.435. The van der Waals surface area contributed by atoms with Crippen LogP contribution in [-0.2, 0) is 4.65 Å². The molecule has 1 nitrogen and oxygen atoms in total. The van der Waals surface area contributed by atoms with E-state index in [0.29, 0.717) is 6.10 Å². The van der Waals surface area contributed by atoms with Gasteiger partial charge in [0.05, 0.1) is 0 Å². The second-order valence-electron chi connectivity index (χ2n) is 1.45. The minimum absolute atomic E-state index is 0.435. The van der Waals surface area contributed by atoms with Gasteiger partial charge in [0.2, 0.25) is 0 Å². The summed E-state index contributed by atoms with van der Waals surface area (Å²) in [4.78, 5) is 0. The summed E-state index contributed by atoms with van der Waals surface area (Å²) in [5.74, 6) is 0. The normalized spacial score (nSPS) is 14.3. The van der Waals surface area contributed by atoms with Crippen molar-refractivity contribution in [3.05, 3.63) is 0 Å². The van der Waals surface area contributed by atoms with Crippen molar-refractivity contribution < 1.29 is 4.65 Å². The molecule has 0 fully saturated rings. The summed E-state index contributed by atoms with van der Waals surface area (Å²) >= 11 is 0. The molecule has 0 aromatic rings. The van der Waals surface area contributed by atoms with Crippen molar-refractivity contribution in [2.45, 2.75) is 26.4 Å². The molecule has 0 heterocycles. The third-order valence-electron chi connectivity index (χ3n) is 0.977. The van der Waals surface area contributed by atoms with Gasteiger partial charge >= 0.3 is 0 Å². The molecule has 0 radical (unpaired) electrons. The molecule has 0 N–H and O–H groups in total. The maximum absolute atomic E-state index is 4.90. The Bertz CT molecular complexity index is 26.7. The summed E-state index contributed by atoms with van der Waals surface area (Å²) in [6.07, 6.45) is 1.54. The van der Waals surface area contributed by atoms with E-state index in [0.717, 1.165) is 6.42 Å². The molecule has 2 heteroatoms. The Morgan fingerprint density at radius 3 is 2.33 bits per heavy atom. The summed E-state index contributed by atoms with van der Waals surface area (Å²) in [7, 11) is 1.73. The van der Waals surface area contributed by atoms with Crippen molar-refractivity contribution in [3.63, 3.8) is 0 Å². The van der Waals surface area contributed by atoms with Crippen LogP contribution >= 0.6 is 0 Å². The Morgan fingerprint density at radius 1 is 1.83 bits per heavy atom. The van der Waals surface area contributed by atoms with Crippen LogP contribution in [0.5, 0.6) is 0 Å². The Balaban J connectivity index is 2.75. The van der Waals surface area contributed by atoms with Gasteiger partial charge in [-0.25, -0.2) is 0 Å². The van der Waals surface area contributed by atoms with Crippen LogP contribution < -0.4 is 0 Å². The van der Waals surface area contributed by atoms with E-state index in [1.165, 1.54) is 0 Å². The molecule has 1 atom stereocenters.